The molecule has 1 fully saturated rings. The Morgan fingerprint density at radius 3 is 2.60 bits per heavy atom. The first-order valence-corrected chi connectivity index (χ1v) is 7.54. The largest absolute Gasteiger partial charge is 0.493 e. The van der Waals surface area contributed by atoms with Gasteiger partial charge in [-0.2, -0.15) is 11.8 Å². The van der Waals surface area contributed by atoms with Crippen molar-refractivity contribution >= 4 is 23.4 Å². The van der Waals surface area contributed by atoms with Crippen molar-refractivity contribution in [2.45, 2.75) is 12.2 Å². The van der Waals surface area contributed by atoms with Crippen LogP contribution in [0.4, 0.5) is 5.69 Å². The van der Waals surface area contributed by atoms with E-state index in [9.17, 15) is 4.79 Å². The number of hydrogen-bond acceptors (Lipinski definition) is 5. The van der Waals surface area contributed by atoms with Crippen molar-refractivity contribution in [1.29, 1.82) is 0 Å². The maximum absolute atomic E-state index is 12.6. The van der Waals surface area contributed by atoms with Gasteiger partial charge in [0, 0.05) is 35.8 Å². The smallest absolute Gasteiger partial charge is 0.256 e. The van der Waals surface area contributed by atoms with E-state index < -0.39 is 0 Å². The summed E-state index contributed by atoms with van der Waals surface area (Å²) in [5, 5.41) is 0.453. The van der Waals surface area contributed by atoms with E-state index in [0.29, 0.717) is 28.0 Å². The number of amides is 1. The highest BCUT2D eigenvalue weighted by atomic mass is 32.2. The fourth-order valence-corrected chi connectivity index (χ4v) is 3.27. The normalized spacial score (nSPS) is 18.8. The van der Waals surface area contributed by atoms with Crippen molar-refractivity contribution in [3.8, 4) is 11.5 Å². The number of nitrogens with zero attached hydrogens (tertiary/aromatic N) is 1. The predicted octanol–water partition coefficient (Wildman–Crippen LogP) is 1.86. The van der Waals surface area contributed by atoms with Gasteiger partial charge in [0.05, 0.1) is 19.8 Å². The van der Waals surface area contributed by atoms with Gasteiger partial charge >= 0.3 is 0 Å². The van der Waals surface area contributed by atoms with Gasteiger partial charge in [-0.1, -0.05) is 6.92 Å². The summed E-state index contributed by atoms with van der Waals surface area (Å²) in [6.07, 6.45) is 0. The first-order valence-electron chi connectivity index (χ1n) is 6.49. The van der Waals surface area contributed by atoms with Crippen LogP contribution in [-0.2, 0) is 0 Å². The van der Waals surface area contributed by atoms with Gasteiger partial charge < -0.3 is 20.1 Å². The Labute approximate surface area is 123 Å². The first kappa shape index (κ1) is 14.8. The Hall–Kier alpha value is -1.56. The molecule has 1 unspecified atom stereocenters. The van der Waals surface area contributed by atoms with Crippen LogP contribution in [0, 0.1) is 0 Å². The molecule has 5 nitrogen and oxygen atoms in total. The number of hydrogen-bond donors (Lipinski definition) is 1. The van der Waals surface area contributed by atoms with Gasteiger partial charge in [-0.05, 0) is 6.07 Å². The van der Waals surface area contributed by atoms with Gasteiger partial charge in [0.1, 0.15) is 0 Å². The first-order chi connectivity index (χ1) is 9.56. The molecular formula is C14H20N2O3S. The Balaban J connectivity index is 2.29. The van der Waals surface area contributed by atoms with E-state index in [0.717, 1.165) is 18.8 Å². The fourth-order valence-electron chi connectivity index (χ4n) is 2.25. The number of anilines is 1. The molecule has 1 aliphatic heterocycles. The molecule has 1 amide bonds. The number of benzene rings is 1. The summed E-state index contributed by atoms with van der Waals surface area (Å²) < 4.78 is 10.4. The Morgan fingerprint density at radius 1 is 1.35 bits per heavy atom. The van der Waals surface area contributed by atoms with Crippen LogP contribution in [0.3, 0.4) is 0 Å². The van der Waals surface area contributed by atoms with Crippen LogP contribution in [0.5, 0.6) is 11.5 Å². The molecule has 0 spiro atoms. The lowest BCUT2D eigenvalue weighted by Crippen LogP contribution is -2.41. The SMILES string of the molecule is COc1cc(N)c(C(=O)N2CCSC(C)C2)cc1OC. The monoisotopic (exact) mass is 296 g/mol. The third-order valence-corrected chi connectivity index (χ3v) is 4.45. The summed E-state index contributed by atoms with van der Waals surface area (Å²) in [7, 11) is 3.09. The van der Waals surface area contributed by atoms with Crippen LogP contribution in [0.2, 0.25) is 0 Å². The highest BCUT2D eigenvalue weighted by Crippen LogP contribution is 2.33. The van der Waals surface area contributed by atoms with Crippen LogP contribution in [0.25, 0.3) is 0 Å². The van der Waals surface area contributed by atoms with Gasteiger partial charge in [0.25, 0.3) is 5.91 Å². The predicted molar refractivity (Wildman–Crippen MR) is 81.8 cm³/mol. The molecule has 1 atom stereocenters. The van der Waals surface area contributed by atoms with Gasteiger partial charge in [-0.15, -0.1) is 0 Å². The number of rotatable bonds is 3. The van der Waals surface area contributed by atoms with Gasteiger partial charge in [-0.25, -0.2) is 0 Å². The zero-order chi connectivity index (χ0) is 14.7. The van der Waals surface area contributed by atoms with Gasteiger partial charge in [0.2, 0.25) is 0 Å². The molecule has 0 bridgehead atoms. The molecule has 110 valence electrons. The highest BCUT2D eigenvalue weighted by molar-refractivity contribution is 7.99. The lowest BCUT2D eigenvalue weighted by atomic mass is 10.1. The fraction of sp³-hybridized carbons (Fsp3) is 0.500. The van der Waals surface area contributed by atoms with E-state index >= 15 is 0 Å². The minimum Gasteiger partial charge on any atom is -0.493 e. The third kappa shape index (κ3) is 2.95. The van der Waals surface area contributed by atoms with Crippen molar-refractivity contribution in [3.05, 3.63) is 17.7 Å². The standard InChI is InChI=1S/C14H20N2O3S/c1-9-8-16(4-5-20-9)14(17)10-6-12(18-2)13(19-3)7-11(10)15/h6-7,9H,4-5,8,15H2,1-3H3. The highest BCUT2D eigenvalue weighted by Gasteiger charge is 2.25. The molecule has 2 N–H and O–H groups in total. The number of nitrogen functional groups attached to an aromatic ring is 1. The molecule has 0 aliphatic carbocycles. The maximum Gasteiger partial charge on any atom is 0.256 e. The number of carbonyl (C=O) groups excluding carboxylic acids is 1. The van der Waals surface area contributed by atoms with E-state index in [2.05, 4.69) is 6.92 Å². The molecule has 6 heteroatoms. The average Bonchev–Trinajstić information content (AvgIpc) is 2.46. The summed E-state index contributed by atoms with van der Waals surface area (Å²) in [6.45, 7) is 3.63. The number of thioether (sulfide) groups is 1. The Kier molecular flexibility index (Phi) is 4.65. The number of nitrogens with two attached hydrogens (primary N) is 1. The average molecular weight is 296 g/mol. The second kappa shape index (κ2) is 6.26. The van der Waals surface area contributed by atoms with Crippen LogP contribution in [-0.4, -0.2) is 49.1 Å². The molecule has 1 aromatic carbocycles. The van der Waals surface area contributed by atoms with E-state index in [4.69, 9.17) is 15.2 Å². The van der Waals surface area contributed by atoms with Crippen molar-refractivity contribution in [2.75, 3.05) is 38.8 Å². The lowest BCUT2D eigenvalue weighted by Gasteiger charge is -2.31. The van der Waals surface area contributed by atoms with E-state index in [1.54, 1.807) is 26.4 Å². The molecular weight excluding hydrogens is 276 g/mol. The zero-order valence-electron chi connectivity index (χ0n) is 12.0. The Morgan fingerprint density at radius 2 is 2.00 bits per heavy atom. The zero-order valence-corrected chi connectivity index (χ0v) is 12.8. The van der Waals surface area contributed by atoms with Crippen molar-refractivity contribution in [2.24, 2.45) is 0 Å². The Bertz CT molecular complexity index is 507. The molecule has 0 radical (unpaired) electrons. The van der Waals surface area contributed by atoms with Crippen LogP contribution >= 0.6 is 11.8 Å². The van der Waals surface area contributed by atoms with Crippen LogP contribution in [0.1, 0.15) is 17.3 Å². The number of methoxy groups -OCH3 is 2. The summed E-state index contributed by atoms with van der Waals surface area (Å²) in [4.78, 5) is 14.4. The minimum atomic E-state index is -0.0457. The topological polar surface area (TPSA) is 64.8 Å². The molecule has 1 aromatic rings. The second-order valence-corrected chi connectivity index (χ2v) is 6.27. The molecule has 20 heavy (non-hydrogen) atoms. The van der Waals surface area contributed by atoms with Gasteiger partial charge in [-0.3, -0.25) is 4.79 Å². The van der Waals surface area contributed by atoms with E-state index in [1.165, 1.54) is 0 Å². The summed E-state index contributed by atoms with van der Waals surface area (Å²) in [6, 6.07) is 3.29. The number of carbonyl (C=O) groups is 1. The van der Waals surface area contributed by atoms with Crippen LogP contribution in [0.15, 0.2) is 12.1 Å². The third-order valence-electron chi connectivity index (χ3n) is 3.31. The molecule has 0 saturated carbocycles. The molecule has 1 heterocycles. The second-order valence-electron chi connectivity index (χ2n) is 4.73. The van der Waals surface area contributed by atoms with Crippen molar-refractivity contribution < 1.29 is 14.3 Å². The summed E-state index contributed by atoms with van der Waals surface area (Å²) >= 11 is 1.88. The lowest BCUT2D eigenvalue weighted by molar-refractivity contribution is 0.0764. The van der Waals surface area contributed by atoms with Crippen LogP contribution < -0.4 is 15.2 Å². The molecule has 1 aliphatic rings. The molecule has 2 rings (SSSR count). The van der Waals surface area contributed by atoms with Crippen molar-refractivity contribution in [3.63, 3.8) is 0 Å². The number of ether oxygens (including phenoxy) is 2. The van der Waals surface area contributed by atoms with Crippen molar-refractivity contribution in [1.82, 2.24) is 4.90 Å². The quantitative estimate of drug-likeness (QED) is 0.863. The summed E-state index contributed by atoms with van der Waals surface area (Å²) in [5.74, 6) is 1.96. The maximum atomic E-state index is 12.6. The molecule has 0 aromatic heterocycles. The van der Waals surface area contributed by atoms with E-state index in [-0.39, 0.29) is 5.91 Å². The minimum absolute atomic E-state index is 0.0457. The molecule has 1 saturated heterocycles. The van der Waals surface area contributed by atoms with E-state index in [1.807, 2.05) is 16.7 Å². The summed E-state index contributed by atoms with van der Waals surface area (Å²) in [5.41, 5.74) is 6.86. The van der Waals surface area contributed by atoms with Gasteiger partial charge in [0.15, 0.2) is 11.5 Å².